The van der Waals surface area contributed by atoms with Crippen molar-refractivity contribution in [1.82, 2.24) is 10.2 Å². The van der Waals surface area contributed by atoms with E-state index in [1.807, 2.05) is 30.0 Å². The summed E-state index contributed by atoms with van der Waals surface area (Å²) in [6.45, 7) is 5.93. The Hall–Kier alpha value is -0.870. The molecule has 3 nitrogen and oxygen atoms in total. The summed E-state index contributed by atoms with van der Waals surface area (Å²) < 4.78 is 1.01. The summed E-state index contributed by atoms with van der Waals surface area (Å²) in [6.07, 6.45) is 0. The maximum atomic E-state index is 12.5. The Balaban J connectivity index is 1.81. The minimum Gasteiger partial charge on any atom is -0.338 e. The van der Waals surface area contributed by atoms with Crippen molar-refractivity contribution in [3.63, 3.8) is 0 Å². The number of hydrogen-bond acceptors (Lipinski definition) is 2. The lowest BCUT2D eigenvalue weighted by molar-refractivity contribution is 0.0781. The third-order valence-electron chi connectivity index (χ3n) is 4.17. The summed E-state index contributed by atoms with van der Waals surface area (Å²) >= 11 is 3.49. The molecular formula is C14H17BrN2O. The van der Waals surface area contributed by atoms with Crippen molar-refractivity contribution in [3.05, 3.63) is 33.8 Å². The zero-order valence-corrected chi connectivity index (χ0v) is 12.0. The average molecular weight is 309 g/mol. The normalized spacial score (nSPS) is 26.4. The van der Waals surface area contributed by atoms with E-state index >= 15 is 0 Å². The van der Waals surface area contributed by atoms with E-state index in [9.17, 15) is 4.79 Å². The molecule has 0 aromatic heterocycles. The molecule has 1 aromatic rings. The maximum Gasteiger partial charge on any atom is 0.254 e. The Morgan fingerprint density at radius 1 is 1.33 bits per heavy atom. The number of rotatable bonds is 1. The fourth-order valence-electron chi connectivity index (χ4n) is 3.03. The third kappa shape index (κ3) is 1.97. The molecule has 2 saturated heterocycles. The second kappa shape index (κ2) is 4.67. The molecule has 96 valence electrons. The van der Waals surface area contributed by atoms with Gasteiger partial charge in [-0.1, -0.05) is 22.0 Å². The zero-order chi connectivity index (χ0) is 12.7. The zero-order valence-electron chi connectivity index (χ0n) is 10.4. The van der Waals surface area contributed by atoms with Gasteiger partial charge in [0.2, 0.25) is 0 Å². The topological polar surface area (TPSA) is 32.3 Å². The van der Waals surface area contributed by atoms with Gasteiger partial charge in [-0.15, -0.1) is 0 Å². The first-order valence-corrected chi connectivity index (χ1v) is 7.21. The molecule has 1 N–H and O–H groups in total. The van der Waals surface area contributed by atoms with Crippen LogP contribution < -0.4 is 5.32 Å². The predicted molar refractivity (Wildman–Crippen MR) is 74.6 cm³/mol. The Morgan fingerprint density at radius 3 is 2.67 bits per heavy atom. The summed E-state index contributed by atoms with van der Waals surface area (Å²) in [5, 5.41) is 3.40. The first-order chi connectivity index (χ1) is 8.66. The van der Waals surface area contributed by atoms with E-state index in [1.165, 1.54) is 0 Å². The summed E-state index contributed by atoms with van der Waals surface area (Å²) in [6, 6.07) is 5.84. The molecule has 0 saturated carbocycles. The van der Waals surface area contributed by atoms with Crippen LogP contribution in [0.4, 0.5) is 0 Å². The Bertz CT molecular complexity index is 477. The number of benzene rings is 1. The second-order valence-corrected chi connectivity index (χ2v) is 6.16. The third-order valence-corrected chi connectivity index (χ3v) is 5.03. The van der Waals surface area contributed by atoms with Crippen molar-refractivity contribution in [2.45, 2.75) is 6.92 Å². The largest absolute Gasteiger partial charge is 0.338 e. The number of carbonyl (C=O) groups excluding carboxylic acids is 1. The molecule has 2 fully saturated rings. The highest BCUT2D eigenvalue weighted by Gasteiger charge is 2.38. The standard InChI is InChI=1S/C14H17BrN2O/c1-9-12(3-2-4-13(9)15)14(18)17-7-10-5-16-6-11(10)8-17/h2-4,10-11,16H,5-8H2,1H3. The number of amides is 1. The lowest BCUT2D eigenvalue weighted by atomic mass is 10.0. The van der Waals surface area contributed by atoms with Crippen LogP contribution in [0.1, 0.15) is 15.9 Å². The minimum atomic E-state index is 0.184. The number of likely N-dealkylation sites (tertiary alicyclic amines) is 1. The van der Waals surface area contributed by atoms with E-state index in [-0.39, 0.29) is 5.91 Å². The van der Waals surface area contributed by atoms with E-state index in [0.717, 1.165) is 41.8 Å². The quantitative estimate of drug-likeness (QED) is 0.861. The van der Waals surface area contributed by atoms with Crippen LogP contribution in [0.25, 0.3) is 0 Å². The number of nitrogens with one attached hydrogen (secondary N) is 1. The summed E-state index contributed by atoms with van der Waals surface area (Å²) in [5.41, 5.74) is 1.87. The van der Waals surface area contributed by atoms with Crippen molar-refractivity contribution in [1.29, 1.82) is 0 Å². The van der Waals surface area contributed by atoms with Crippen LogP contribution >= 0.6 is 15.9 Å². The lowest BCUT2D eigenvalue weighted by Gasteiger charge is -2.19. The van der Waals surface area contributed by atoms with Crippen LogP contribution in [0, 0.1) is 18.8 Å². The molecule has 2 aliphatic rings. The fourth-order valence-corrected chi connectivity index (χ4v) is 3.40. The highest BCUT2D eigenvalue weighted by Crippen LogP contribution is 2.29. The van der Waals surface area contributed by atoms with Crippen LogP contribution in [0.3, 0.4) is 0 Å². The SMILES string of the molecule is Cc1c(Br)cccc1C(=O)N1CC2CNCC2C1. The van der Waals surface area contributed by atoms with Crippen molar-refractivity contribution in [2.24, 2.45) is 11.8 Å². The number of carbonyl (C=O) groups is 1. The Kier molecular flexibility index (Phi) is 3.16. The van der Waals surface area contributed by atoms with Gasteiger partial charge in [-0.25, -0.2) is 0 Å². The minimum absolute atomic E-state index is 0.184. The molecule has 1 aromatic carbocycles. The van der Waals surface area contributed by atoms with Crippen LogP contribution in [-0.2, 0) is 0 Å². The Morgan fingerprint density at radius 2 is 2.00 bits per heavy atom. The monoisotopic (exact) mass is 308 g/mol. The van der Waals surface area contributed by atoms with Crippen molar-refractivity contribution < 1.29 is 4.79 Å². The van der Waals surface area contributed by atoms with Gasteiger partial charge in [0.1, 0.15) is 0 Å². The molecule has 18 heavy (non-hydrogen) atoms. The number of halogens is 1. The van der Waals surface area contributed by atoms with Gasteiger partial charge in [0.05, 0.1) is 0 Å². The molecule has 0 bridgehead atoms. The molecule has 2 atom stereocenters. The Labute approximate surface area is 116 Å². The highest BCUT2D eigenvalue weighted by atomic mass is 79.9. The van der Waals surface area contributed by atoms with E-state index in [0.29, 0.717) is 11.8 Å². The van der Waals surface area contributed by atoms with Crippen molar-refractivity contribution in [3.8, 4) is 0 Å². The predicted octanol–water partition coefficient (Wildman–Crippen LogP) is 2.05. The van der Waals surface area contributed by atoms with Gasteiger partial charge < -0.3 is 10.2 Å². The van der Waals surface area contributed by atoms with Gasteiger partial charge in [-0.3, -0.25) is 4.79 Å². The molecule has 1 amide bonds. The molecule has 0 aliphatic carbocycles. The smallest absolute Gasteiger partial charge is 0.254 e. The fraction of sp³-hybridized carbons (Fsp3) is 0.500. The molecule has 2 aliphatic heterocycles. The van der Waals surface area contributed by atoms with E-state index < -0.39 is 0 Å². The highest BCUT2D eigenvalue weighted by molar-refractivity contribution is 9.10. The molecule has 2 heterocycles. The first-order valence-electron chi connectivity index (χ1n) is 6.42. The molecule has 0 radical (unpaired) electrons. The molecule has 0 spiro atoms. The van der Waals surface area contributed by atoms with Gasteiger partial charge in [-0.2, -0.15) is 0 Å². The van der Waals surface area contributed by atoms with Crippen LogP contribution in [-0.4, -0.2) is 37.0 Å². The van der Waals surface area contributed by atoms with E-state index in [2.05, 4.69) is 21.2 Å². The first kappa shape index (κ1) is 12.2. The maximum absolute atomic E-state index is 12.5. The van der Waals surface area contributed by atoms with Gasteiger partial charge in [0, 0.05) is 36.2 Å². The van der Waals surface area contributed by atoms with E-state index in [4.69, 9.17) is 0 Å². The second-order valence-electron chi connectivity index (χ2n) is 5.30. The number of fused-ring (bicyclic) bond motifs is 1. The summed E-state index contributed by atoms with van der Waals surface area (Å²) in [4.78, 5) is 14.6. The molecule has 2 unspecified atom stereocenters. The van der Waals surface area contributed by atoms with Gasteiger partial charge >= 0.3 is 0 Å². The molecular weight excluding hydrogens is 292 g/mol. The van der Waals surface area contributed by atoms with Gasteiger partial charge in [0.25, 0.3) is 5.91 Å². The molecule has 4 heteroatoms. The van der Waals surface area contributed by atoms with Crippen LogP contribution in [0.2, 0.25) is 0 Å². The van der Waals surface area contributed by atoms with Crippen molar-refractivity contribution >= 4 is 21.8 Å². The van der Waals surface area contributed by atoms with Crippen LogP contribution in [0.15, 0.2) is 22.7 Å². The average Bonchev–Trinajstić information content (AvgIpc) is 2.92. The number of nitrogens with zero attached hydrogens (tertiary/aromatic N) is 1. The van der Waals surface area contributed by atoms with Crippen LogP contribution in [0.5, 0.6) is 0 Å². The summed E-state index contributed by atoms with van der Waals surface area (Å²) in [5.74, 6) is 1.49. The molecule has 3 rings (SSSR count). The summed E-state index contributed by atoms with van der Waals surface area (Å²) in [7, 11) is 0. The lowest BCUT2D eigenvalue weighted by Crippen LogP contribution is -2.32. The van der Waals surface area contributed by atoms with Gasteiger partial charge in [-0.05, 0) is 36.5 Å². The number of hydrogen-bond donors (Lipinski definition) is 1. The van der Waals surface area contributed by atoms with E-state index in [1.54, 1.807) is 0 Å². The van der Waals surface area contributed by atoms with Crippen molar-refractivity contribution in [2.75, 3.05) is 26.2 Å². The van der Waals surface area contributed by atoms with Gasteiger partial charge in [0.15, 0.2) is 0 Å².